The minimum atomic E-state index is -0.444. The summed E-state index contributed by atoms with van der Waals surface area (Å²) in [4.78, 5) is 28.9. The van der Waals surface area contributed by atoms with Crippen LogP contribution in [0.5, 0.6) is 17.2 Å². The smallest absolute Gasteiger partial charge is 0.324 e. The molecular formula is C30H34N6O5. The van der Waals surface area contributed by atoms with Crippen molar-refractivity contribution in [2.75, 3.05) is 36.8 Å². The molecule has 214 valence electrons. The molecular weight excluding hydrogens is 524 g/mol. The third kappa shape index (κ3) is 7.61. The van der Waals surface area contributed by atoms with Crippen LogP contribution in [0.1, 0.15) is 32.0 Å². The average Bonchev–Trinajstić information content (AvgIpc) is 3.34. The van der Waals surface area contributed by atoms with Crippen molar-refractivity contribution in [1.82, 2.24) is 14.8 Å². The van der Waals surface area contributed by atoms with Gasteiger partial charge in [0.2, 0.25) is 0 Å². The predicted molar refractivity (Wildman–Crippen MR) is 157 cm³/mol. The van der Waals surface area contributed by atoms with E-state index in [0.29, 0.717) is 34.6 Å². The Bertz CT molecular complexity index is 1530. The largest absolute Gasteiger partial charge is 0.493 e. The number of pyridine rings is 1. The maximum Gasteiger partial charge on any atom is 0.324 e. The van der Waals surface area contributed by atoms with E-state index < -0.39 is 6.03 Å². The number of ether oxygens (including phenoxy) is 3. The highest BCUT2D eigenvalue weighted by atomic mass is 16.5. The second-order valence-electron chi connectivity index (χ2n) is 10.3. The van der Waals surface area contributed by atoms with Crippen molar-refractivity contribution >= 4 is 29.3 Å². The molecule has 2 aromatic carbocycles. The van der Waals surface area contributed by atoms with Crippen molar-refractivity contribution in [3.63, 3.8) is 0 Å². The SMILES string of the molecule is COCC(=O)Nc1cc(Oc2ccc(NC(=O)Nc3cc(C(C)(C)C)nn3-c3ccc(C)cc3)cc2OC)ccn1. The molecule has 11 nitrogen and oxygen atoms in total. The van der Waals surface area contributed by atoms with Gasteiger partial charge in [-0.3, -0.25) is 10.1 Å². The minimum Gasteiger partial charge on any atom is -0.493 e. The van der Waals surface area contributed by atoms with Gasteiger partial charge in [0.15, 0.2) is 11.5 Å². The van der Waals surface area contributed by atoms with Crippen molar-refractivity contribution in [3.8, 4) is 22.9 Å². The fraction of sp³-hybridized carbons (Fsp3) is 0.267. The first-order valence-electron chi connectivity index (χ1n) is 12.9. The van der Waals surface area contributed by atoms with Crippen LogP contribution in [-0.2, 0) is 14.9 Å². The molecule has 0 radical (unpaired) electrons. The quantitative estimate of drug-likeness (QED) is 0.233. The molecule has 3 amide bonds. The van der Waals surface area contributed by atoms with E-state index in [2.05, 4.69) is 41.7 Å². The number of amides is 3. The molecule has 4 aromatic rings. The molecule has 0 unspecified atom stereocenters. The van der Waals surface area contributed by atoms with Crippen LogP contribution < -0.4 is 25.4 Å². The van der Waals surface area contributed by atoms with Crippen molar-refractivity contribution in [3.05, 3.63) is 78.1 Å². The monoisotopic (exact) mass is 558 g/mol. The molecule has 2 heterocycles. The van der Waals surface area contributed by atoms with Gasteiger partial charge in [-0.15, -0.1) is 0 Å². The molecule has 0 aliphatic rings. The van der Waals surface area contributed by atoms with Crippen LogP contribution >= 0.6 is 0 Å². The summed E-state index contributed by atoms with van der Waals surface area (Å²) >= 11 is 0. The summed E-state index contributed by atoms with van der Waals surface area (Å²) in [5, 5.41) is 13.1. The van der Waals surface area contributed by atoms with E-state index in [9.17, 15) is 9.59 Å². The zero-order valence-electron chi connectivity index (χ0n) is 23.9. The lowest BCUT2D eigenvalue weighted by Crippen LogP contribution is -2.21. The summed E-state index contributed by atoms with van der Waals surface area (Å²) in [6.07, 6.45) is 1.51. The topological polar surface area (TPSA) is 129 Å². The number of aromatic nitrogens is 3. The number of rotatable bonds is 9. The van der Waals surface area contributed by atoms with Crippen molar-refractivity contribution in [1.29, 1.82) is 0 Å². The summed E-state index contributed by atoms with van der Waals surface area (Å²) in [6, 6.07) is 17.6. The molecule has 0 atom stereocenters. The van der Waals surface area contributed by atoms with Crippen LogP contribution in [0.15, 0.2) is 66.9 Å². The standard InChI is InChI=1S/C30H34N6O5/c1-19-7-10-21(11-8-19)36-27(17-25(35-36)30(2,3)4)34-29(38)32-20-9-12-23(24(15-20)40-6)41-22-13-14-31-26(16-22)33-28(37)18-39-5/h7-17H,18H2,1-6H3,(H,31,33,37)(H2,32,34,38). The van der Waals surface area contributed by atoms with Crippen LogP contribution in [0, 0.1) is 6.92 Å². The molecule has 4 rings (SSSR count). The van der Waals surface area contributed by atoms with E-state index in [-0.39, 0.29) is 17.9 Å². The molecule has 0 bridgehead atoms. The Hall–Kier alpha value is -4.90. The van der Waals surface area contributed by atoms with E-state index in [4.69, 9.17) is 19.3 Å². The lowest BCUT2D eigenvalue weighted by molar-refractivity contribution is -0.119. The van der Waals surface area contributed by atoms with Crippen molar-refractivity contribution in [2.24, 2.45) is 0 Å². The molecule has 0 aliphatic heterocycles. The van der Waals surface area contributed by atoms with Crippen LogP contribution in [0.3, 0.4) is 0 Å². The number of urea groups is 1. The van der Waals surface area contributed by atoms with E-state index >= 15 is 0 Å². The van der Waals surface area contributed by atoms with E-state index in [1.54, 1.807) is 35.0 Å². The molecule has 11 heteroatoms. The number of hydrogen-bond acceptors (Lipinski definition) is 7. The molecule has 2 aromatic heterocycles. The molecule has 3 N–H and O–H groups in total. The molecule has 0 aliphatic carbocycles. The van der Waals surface area contributed by atoms with Gasteiger partial charge in [0, 0.05) is 42.6 Å². The Morgan fingerprint density at radius 3 is 2.34 bits per heavy atom. The maximum atomic E-state index is 13.0. The zero-order valence-corrected chi connectivity index (χ0v) is 23.9. The molecule has 0 spiro atoms. The van der Waals surface area contributed by atoms with Gasteiger partial charge in [0.25, 0.3) is 5.91 Å². The summed E-state index contributed by atoms with van der Waals surface area (Å²) in [7, 11) is 2.94. The van der Waals surface area contributed by atoms with E-state index in [1.807, 2.05) is 37.3 Å². The van der Waals surface area contributed by atoms with E-state index in [1.165, 1.54) is 20.4 Å². The average molecular weight is 559 g/mol. The molecule has 41 heavy (non-hydrogen) atoms. The Morgan fingerprint density at radius 2 is 1.66 bits per heavy atom. The van der Waals surface area contributed by atoms with Crippen LogP contribution in [0.2, 0.25) is 0 Å². The van der Waals surface area contributed by atoms with Crippen molar-refractivity contribution in [2.45, 2.75) is 33.1 Å². The number of nitrogens with zero attached hydrogens (tertiary/aromatic N) is 3. The van der Waals surface area contributed by atoms with Crippen LogP contribution in [-0.4, -0.2) is 47.5 Å². The highest BCUT2D eigenvalue weighted by molar-refractivity contribution is 5.99. The number of methoxy groups -OCH3 is 2. The first-order valence-corrected chi connectivity index (χ1v) is 12.9. The van der Waals surface area contributed by atoms with Crippen LogP contribution in [0.25, 0.3) is 5.69 Å². The third-order valence-corrected chi connectivity index (χ3v) is 5.92. The Labute approximate surface area is 238 Å². The molecule has 0 saturated carbocycles. The normalized spacial score (nSPS) is 11.1. The highest BCUT2D eigenvalue weighted by Crippen LogP contribution is 2.34. The first kappa shape index (κ1) is 29.1. The third-order valence-electron chi connectivity index (χ3n) is 5.92. The van der Waals surface area contributed by atoms with Gasteiger partial charge in [0.1, 0.15) is 24.0 Å². The Balaban J connectivity index is 1.49. The number of aryl methyl sites for hydroxylation is 1. The fourth-order valence-corrected chi connectivity index (χ4v) is 3.81. The van der Waals surface area contributed by atoms with Gasteiger partial charge < -0.3 is 24.8 Å². The Kier molecular flexibility index (Phi) is 8.88. The fourth-order valence-electron chi connectivity index (χ4n) is 3.81. The van der Waals surface area contributed by atoms with Gasteiger partial charge in [-0.2, -0.15) is 5.10 Å². The second kappa shape index (κ2) is 12.5. The minimum absolute atomic E-state index is 0.0886. The van der Waals surface area contributed by atoms with Gasteiger partial charge >= 0.3 is 6.03 Å². The number of hydrogen-bond donors (Lipinski definition) is 3. The lowest BCUT2D eigenvalue weighted by atomic mass is 9.92. The number of nitrogens with one attached hydrogen (secondary N) is 3. The van der Waals surface area contributed by atoms with Crippen LogP contribution in [0.4, 0.5) is 22.1 Å². The summed E-state index contributed by atoms with van der Waals surface area (Å²) < 4.78 is 18.0. The molecule has 0 saturated heterocycles. The van der Waals surface area contributed by atoms with Gasteiger partial charge in [0.05, 0.1) is 18.5 Å². The summed E-state index contributed by atoms with van der Waals surface area (Å²) in [5.41, 5.74) is 3.09. The summed E-state index contributed by atoms with van der Waals surface area (Å²) in [6.45, 7) is 8.13. The lowest BCUT2D eigenvalue weighted by Gasteiger charge is -2.14. The number of benzene rings is 2. The number of carbonyl (C=O) groups is 2. The Morgan fingerprint density at radius 1 is 0.902 bits per heavy atom. The summed E-state index contributed by atoms with van der Waals surface area (Å²) in [5.74, 6) is 1.76. The van der Waals surface area contributed by atoms with Gasteiger partial charge in [-0.25, -0.2) is 14.5 Å². The van der Waals surface area contributed by atoms with Gasteiger partial charge in [-0.05, 0) is 37.3 Å². The first-order chi connectivity index (χ1) is 19.5. The highest BCUT2D eigenvalue weighted by Gasteiger charge is 2.22. The number of anilines is 3. The zero-order chi connectivity index (χ0) is 29.6. The van der Waals surface area contributed by atoms with Crippen molar-refractivity contribution < 1.29 is 23.8 Å². The maximum absolute atomic E-state index is 13.0. The second-order valence-corrected chi connectivity index (χ2v) is 10.3. The molecule has 0 fully saturated rings. The number of carbonyl (C=O) groups excluding carboxylic acids is 2. The predicted octanol–water partition coefficient (Wildman–Crippen LogP) is 5.90. The van der Waals surface area contributed by atoms with E-state index in [0.717, 1.165) is 16.9 Å². The van der Waals surface area contributed by atoms with Gasteiger partial charge in [-0.1, -0.05) is 38.5 Å².